The van der Waals surface area contributed by atoms with Crippen molar-refractivity contribution in [3.05, 3.63) is 62.6 Å². The standard InChI is InChI=1S/C15H13BrClNO/c1-9-3-6-14(13(16)7-9)18-15(19)12-5-4-11(17)8-10(12)2/h3-8H,1-2H3,(H,18,19). The molecule has 0 saturated heterocycles. The number of anilines is 1. The Morgan fingerprint density at radius 2 is 1.89 bits per heavy atom. The third kappa shape index (κ3) is 3.37. The van der Waals surface area contributed by atoms with Crippen LogP contribution in [0.5, 0.6) is 0 Å². The Bertz CT molecular complexity index is 640. The molecule has 0 fully saturated rings. The molecule has 2 rings (SSSR count). The van der Waals surface area contributed by atoms with Gasteiger partial charge in [0.05, 0.1) is 5.69 Å². The van der Waals surface area contributed by atoms with Crippen molar-refractivity contribution in [2.45, 2.75) is 13.8 Å². The average Bonchev–Trinajstić information content (AvgIpc) is 2.32. The molecule has 0 unspecified atom stereocenters. The summed E-state index contributed by atoms with van der Waals surface area (Å²) < 4.78 is 0.868. The van der Waals surface area contributed by atoms with Gasteiger partial charge in [0.2, 0.25) is 0 Å². The second-order valence-electron chi connectivity index (χ2n) is 4.40. The zero-order chi connectivity index (χ0) is 14.0. The molecule has 2 nitrogen and oxygen atoms in total. The van der Waals surface area contributed by atoms with E-state index in [0.29, 0.717) is 10.6 Å². The van der Waals surface area contributed by atoms with E-state index in [-0.39, 0.29) is 5.91 Å². The van der Waals surface area contributed by atoms with E-state index in [0.717, 1.165) is 21.3 Å². The SMILES string of the molecule is Cc1ccc(NC(=O)c2ccc(Cl)cc2C)c(Br)c1. The van der Waals surface area contributed by atoms with Crippen LogP contribution in [-0.2, 0) is 0 Å². The lowest BCUT2D eigenvalue weighted by atomic mass is 10.1. The van der Waals surface area contributed by atoms with Gasteiger partial charge in [0.25, 0.3) is 5.91 Å². The first-order valence-electron chi connectivity index (χ1n) is 5.81. The predicted molar refractivity (Wildman–Crippen MR) is 83.0 cm³/mol. The number of hydrogen-bond donors (Lipinski definition) is 1. The summed E-state index contributed by atoms with van der Waals surface area (Å²) in [5.41, 5.74) is 3.36. The van der Waals surface area contributed by atoms with Crippen molar-refractivity contribution in [1.29, 1.82) is 0 Å². The van der Waals surface area contributed by atoms with Crippen LogP contribution in [0.1, 0.15) is 21.5 Å². The highest BCUT2D eigenvalue weighted by Crippen LogP contribution is 2.24. The number of carbonyl (C=O) groups is 1. The summed E-state index contributed by atoms with van der Waals surface area (Å²) in [4.78, 5) is 12.2. The molecule has 0 atom stereocenters. The zero-order valence-corrected chi connectivity index (χ0v) is 13.0. The highest BCUT2D eigenvalue weighted by Gasteiger charge is 2.11. The highest BCUT2D eigenvalue weighted by atomic mass is 79.9. The number of aryl methyl sites for hydroxylation is 2. The molecule has 1 N–H and O–H groups in total. The Balaban J connectivity index is 2.25. The van der Waals surface area contributed by atoms with Gasteiger partial charge >= 0.3 is 0 Å². The smallest absolute Gasteiger partial charge is 0.255 e. The van der Waals surface area contributed by atoms with Crippen molar-refractivity contribution in [2.24, 2.45) is 0 Å². The van der Waals surface area contributed by atoms with Gasteiger partial charge in [-0.25, -0.2) is 0 Å². The first-order valence-corrected chi connectivity index (χ1v) is 6.98. The molecular weight excluding hydrogens is 326 g/mol. The van der Waals surface area contributed by atoms with Crippen molar-refractivity contribution < 1.29 is 4.79 Å². The summed E-state index contributed by atoms with van der Waals surface area (Å²) in [6.45, 7) is 3.87. The third-order valence-corrected chi connectivity index (χ3v) is 3.70. The molecule has 2 aromatic rings. The lowest BCUT2D eigenvalue weighted by Gasteiger charge is -2.10. The summed E-state index contributed by atoms with van der Waals surface area (Å²) in [6.07, 6.45) is 0. The summed E-state index contributed by atoms with van der Waals surface area (Å²) in [6, 6.07) is 11.0. The van der Waals surface area contributed by atoms with E-state index in [9.17, 15) is 4.79 Å². The van der Waals surface area contributed by atoms with Crippen molar-refractivity contribution in [3.8, 4) is 0 Å². The monoisotopic (exact) mass is 337 g/mol. The fourth-order valence-electron chi connectivity index (χ4n) is 1.79. The number of amides is 1. The lowest BCUT2D eigenvalue weighted by molar-refractivity contribution is 0.102. The second-order valence-corrected chi connectivity index (χ2v) is 5.69. The van der Waals surface area contributed by atoms with Crippen molar-refractivity contribution >= 4 is 39.1 Å². The van der Waals surface area contributed by atoms with Crippen molar-refractivity contribution in [1.82, 2.24) is 0 Å². The van der Waals surface area contributed by atoms with Crippen LogP contribution in [0.25, 0.3) is 0 Å². The van der Waals surface area contributed by atoms with Crippen LogP contribution in [0.4, 0.5) is 5.69 Å². The first kappa shape index (κ1) is 14.1. The molecule has 4 heteroatoms. The van der Waals surface area contributed by atoms with Gasteiger partial charge < -0.3 is 5.32 Å². The third-order valence-electron chi connectivity index (χ3n) is 2.81. The average molecular weight is 339 g/mol. The Hall–Kier alpha value is -1.32. The molecule has 0 radical (unpaired) electrons. The van der Waals surface area contributed by atoms with E-state index in [2.05, 4.69) is 21.2 Å². The number of benzene rings is 2. The quantitative estimate of drug-likeness (QED) is 0.823. The topological polar surface area (TPSA) is 29.1 Å². The molecule has 98 valence electrons. The minimum Gasteiger partial charge on any atom is -0.321 e. The molecule has 0 aliphatic carbocycles. The number of rotatable bonds is 2. The Morgan fingerprint density at radius 3 is 2.53 bits per heavy atom. The second kappa shape index (κ2) is 5.76. The Kier molecular flexibility index (Phi) is 4.27. The van der Waals surface area contributed by atoms with Gasteiger partial charge in [-0.1, -0.05) is 17.7 Å². The predicted octanol–water partition coefficient (Wildman–Crippen LogP) is 4.97. The molecule has 2 aromatic carbocycles. The van der Waals surface area contributed by atoms with Crippen LogP contribution in [0.15, 0.2) is 40.9 Å². The van der Waals surface area contributed by atoms with Crippen LogP contribution >= 0.6 is 27.5 Å². The molecule has 0 aliphatic rings. The summed E-state index contributed by atoms with van der Waals surface area (Å²) in [7, 11) is 0. The summed E-state index contributed by atoms with van der Waals surface area (Å²) in [5.74, 6) is -0.140. The molecule has 1 amide bonds. The van der Waals surface area contributed by atoms with Crippen molar-refractivity contribution in [3.63, 3.8) is 0 Å². The number of hydrogen-bond acceptors (Lipinski definition) is 1. The van der Waals surface area contributed by atoms with E-state index in [1.807, 2.05) is 32.0 Å². The summed E-state index contributed by atoms with van der Waals surface area (Å²) in [5, 5.41) is 3.52. The first-order chi connectivity index (χ1) is 8.97. The minimum atomic E-state index is -0.140. The lowest BCUT2D eigenvalue weighted by Crippen LogP contribution is -2.13. The van der Waals surface area contributed by atoms with Crippen molar-refractivity contribution in [2.75, 3.05) is 5.32 Å². The molecule has 0 bridgehead atoms. The maximum Gasteiger partial charge on any atom is 0.255 e. The Labute approximate surface area is 125 Å². The number of halogens is 2. The maximum absolute atomic E-state index is 12.2. The number of nitrogens with one attached hydrogen (secondary N) is 1. The number of carbonyl (C=O) groups excluding carboxylic acids is 1. The van der Waals surface area contributed by atoms with E-state index in [1.54, 1.807) is 18.2 Å². The molecular formula is C15H13BrClNO. The molecule has 0 spiro atoms. The molecule has 0 aliphatic heterocycles. The van der Waals surface area contributed by atoms with Gasteiger partial charge in [-0.2, -0.15) is 0 Å². The summed E-state index contributed by atoms with van der Waals surface area (Å²) >= 11 is 9.33. The fraction of sp³-hybridized carbons (Fsp3) is 0.133. The molecule has 19 heavy (non-hydrogen) atoms. The van der Waals surface area contributed by atoms with Crippen LogP contribution in [0, 0.1) is 13.8 Å². The van der Waals surface area contributed by atoms with Gasteiger partial charge in [-0.15, -0.1) is 0 Å². The van der Waals surface area contributed by atoms with Crippen LogP contribution < -0.4 is 5.32 Å². The minimum absolute atomic E-state index is 0.140. The van der Waals surface area contributed by atoms with Crippen LogP contribution in [-0.4, -0.2) is 5.91 Å². The normalized spacial score (nSPS) is 10.3. The van der Waals surface area contributed by atoms with E-state index >= 15 is 0 Å². The highest BCUT2D eigenvalue weighted by molar-refractivity contribution is 9.10. The van der Waals surface area contributed by atoms with Gasteiger partial charge in [0.15, 0.2) is 0 Å². The maximum atomic E-state index is 12.2. The molecule has 0 saturated carbocycles. The van der Waals surface area contributed by atoms with Gasteiger partial charge in [-0.3, -0.25) is 4.79 Å². The van der Waals surface area contributed by atoms with E-state index < -0.39 is 0 Å². The molecule has 0 aromatic heterocycles. The Morgan fingerprint density at radius 1 is 1.16 bits per heavy atom. The van der Waals surface area contributed by atoms with Crippen LogP contribution in [0.3, 0.4) is 0 Å². The van der Waals surface area contributed by atoms with Gasteiger partial charge in [-0.05, 0) is 71.2 Å². The fourth-order valence-corrected chi connectivity index (χ4v) is 2.61. The van der Waals surface area contributed by atoms with Crippen LogP contribution in [0.2, 0.25) is 5.02 Å². The van der Waals surface area contributed by atoms with E-state index in [1.165, 1.54) is 0 Å². The van der Waals surface area contributed by atoms with Gasteiger partial charge in [0.1, 0.15) is 0 Å². The van der Waals surface area contributed by atoms with Gasteiger partial charge in [0, 0.05) is 15.1 Å². The molecule has 0 heterocycles. The largest absolute Gasteiger partial charge is 0.321 e. The zero-order valence-electron chi connectivity index (χ0n) is 10.6. The van der Waals surface area contributed by atoms with E-state index in [4.69, 9.17) is 11.6 Å².